The Morgan fingerprint density at radius 1 is 1.03 bits per heavy atom. The molecule has 0 amide bonds. The molecule has 2 aliphatic rings. The van der Waals surface area contributed by atoms with Gasteiger partial charge in [0, 0.05) is 34.8 Å². The molecule has 1 N–H and O–H groups in total. The lowest BCUT2D eigenvalue weighted by Gasteiger charge is -2.31. The van der Waals surface area contributed by atoms with E-state index in [9.17, 15) is 9.90 Å². The van der Waals surface area contributed by atoms with Gasteiger partial charge in [0.15, 0.2) is 11.5 Å². The van der Waals surface area contributed by atoms with Crippen LogP contribution in [0.5, 0.6) is 17.2 Å². The Bertz CT molecular complexity index is 1470. The van der Waals surface area contributed by atoms with Crippen LogP contribution in [0.4, 0.5) is 0 Å². The molecule has 0 saturated carbocycles. The maximum atomic E-state index is 11.3. The molecule has 2 aliphatic heterocycles. The number of carbonyl (C=O) groups is 1. The number of nitrogens with zero attached hydrogens (tertiary/aromatic N) is 1. The van der Waals surface area contributed by atoms with Gasteiger partial charge in [-0.1, -0.05) is 42.5 Å². The first kappa shape index (κ1) is 26.5. The third kappa shape index (κ3) is 5.70. The Morgan fingerprint density at radius 2 is 1.79 bits per heavy atom. The van der Waals surface area contributed by atoms with Gasteiger partial charge in [-0.3, -0.25) is 4.99 Å². The molecular formula is C33H35NO5. The minimum absolute atomic E-state index is 0.317. The SMILES string of the molecule is CCOc1cc2c(c3c1OC(C)(C)C3)C(c1ccc(C=CC(=O)O)c(OCc3ccccc3)c1)=NC(C)(C)C2. The summed E-state index contributed by atoms with van der Waals surface area (Å²) in [5, 5.41) is 9.22. The highest BCUT2D eigenvalue weighted by Gasteiger charge is 2.39. The summed E-state index contributed by atoms with van der Waals surface area (Å²) in [5.74, 6) is 1.17. The van der Waals surface area contributed by atoms with E-state index in [1.54, 1.807) is 6.08 Å². The van der Waals surface area contributed by atoms with E-state index in [2.05, 4.69) is 33.8 Å². The lowest BCUT2D eigenvalue weighted by atomic mass is 9.81. The first-order chi connectivity index (χ1) is 18.5. The zero-order valence-corrected chi connectivity index (χ0v) is 23.2. The Kier molecular flexibility index (Phi) is 6.98. The highest BCUT2D eigenvalue weighted by molar-refractivity contribution is 6.16. The van der Waals surface area contributed by atoms with Crippen LogP contribution in [0, 0.1) is 0 Å². The van der Waals surface area contributed by atoms with Crippen LogP contribution >= 0.6 is 0 Å². The molecule has 0 unspecified atom stereocenters. The third-order valence-corrected chi connectivity index (χ3v) is 6.91. The molecule has 202 valence electrons. The van der Waals surface area contributed by atoms with Crippen molar-refractivity contribution in [1.29, 1.82) is 0 Å². The van der Waals surface area contributed by atoms with E-state index in [4.69, 9.17) is 19.2 Å². The van der Waals surface area contributed by atoms with Crippen molar-refractivity contribution in [3.63, 3.8) is 0 Å². The van der Waals surface area contributed by atoms with Crippen molar-refractivity contribution in [1.82, 2.24) is 0 Å². The summed E-state index contributed by atoms with van der Waals surface area (Å²) < 4.78 is 18.7. The number of hydrogen-bond acceptors (Lipinski definition) is 5. The fourth-order valence-electron chi connectivity index (χ4n) is 5.38. The summed E-state index contributed by atoms with van der Waals surface area (Å²) in [6, 6.07) is 17.9. The van der Waals surface area contributed by atoms with Crippen molar-refractivity contribution >= 4 is 17.8 Å². The minimum Gasteiger partial charge on any atom is -0.490 e. The second-order valence-electron chi connectivity index (χ2n) is 11.3. The molecule has 2 heterocycles. The lowest BCUT2D eigenvalue weighted by molar-refractivity contribution is -0.131. The second kappa shape index (κ2) is 10.3. The maximum absolute atomic E-state index is 11.3. The van der Waals surface area contributed by atoms with Crippen molar-refractivity contribution in [3.8, 4) is 17.2 Å². The summed E-state index contributed by atoms with van der Waals surface area (Å²) in [6.07, 6.45) is 4.23. The summed E-state index contributed by atoms with van der Waals surface area (Å²) in [4.78, 5) is 16.5. The van der Waals surface area contributed by atoms with Gasteiger partial charge < -0.3 is 19.3 Å². The van der Waals surface area contributed by atoms with Gasteiger partial charge in [-0.15, -0.1) is 0 Å². The quantitative estimate of drug-likeness (QED) is 0.333. The molecule has 3 aromatic rings. The minimum atomic E-state index is -1.01. The van der Waals surface area contributed by atoms with E-state index in [-0.39, 0.29) is 11.1 Å². The summed E-state index contributed by atoms with van der Waals surface area (Å²) in [7, 11) is 0. The molecule has 0 spiro atoms. The number of carboxylic acids is 1. The Hall–Kier alpha value is -4.06. The molecule has 3 aromatic carbocycles. The van der Waals surface area contributed by atoms with Gasteiger partial charge in [0.1, 0.15) is 18.0 Å². The van der Waals surface area contributed by atoms with Crippen LogP contribution in [0.25, 0.3) is 6.08 Å². The number of carboxylic acid groups (broad SMARTS) is 1. The van der Waals surface area contributed by atoms with E-state index in [1.807, 2.05) is 55.5 Å². The van der Waals surface area contributed by atoms with E-state index < -0.39 is 5.97 Å². The summed E-state index contributed by atoms with van der Waals surface area (Å²) in [6.45, 7) is 11.4. The van der Waals surface area contributed by atoms with Crippen molar-refractivity contribution in [3.05, 3.63) is 94.1 Å². The Morgan fingerprint density at radius 3 is 2.51 bits per heavy atom. The molecule has 6 nitrogen and oxygen atoms in total. The second-order valence-corrected chi connectivity index (χ2v) is 11.3. The van der Waals surface area contributed by atoms with Gasteiger partial charge in [-0.2, -0.15) is 0 Å². The van der Waals surface area contributed by atoms with Gasteiger partial charge in [0.05, 0.1) is 17.9 Å². The number of hydrogen-bond donors (Lipinski definition) is 1. The first-order valence-corrected chi connectivity index (χ1v) is 13.4. The number of aliphatic imine (C=N–C) groups is 1. The van der Waals surface area contributed by atoms with Crippen LogP contribution in [-0.2, 0) is 24.2 Å². The van der Waals surface area contributed by atoms with Crippen LogP contribution in [0.3, 0.4) is 0 Å². The number of aliphatic carboxylic acids is 1. The van der Waals surface area contributed by atoms with Gasteiger partial charge in [0.2, 0.25) is 0 Å². The molecule has 0 aliphatic carbocycles. The average molecular weight is 526 g/mol. The molecule has 0 fully saturated rings. The van der Waals surface area contributed by atoms with Crippen LogP contribution in [0.1, 0.15) is 68.0 Å². The van der Waals surface area contributed by atoms with Crippen LogP contribution in [-0.4, -0.2) is 34.5 Å². The van der Waals surface area contributed by atoms with E-state index in [1.165, 1.54) is 5.56 Å². The van der Waals surface area contributed by atoms with Gasteiger partial charge in [-0.25, -0.2) is 4.79 Å². The highest BCUT2D eigenvalue weighted by atomic mass is 16.5. The predicted molar refractivity (Wildman–Crippen MR) is 153 cm³/mol. The van der Waals surface area contributed by atoms with E-state index >= 15 is 0 Å². The monoisotopic (exact) mass is 525 g/mol. The predicted octanol–water partition coefficient (Wildman–Crippen LogP) is 6.65. The number of rotatable bonds is 8. The van der Waals surface area contributed by atoms with Crippen molar-refractivity contribution in [2.75, 3.05) is 6.61 Å². The summed E-state index contributed by atoms with van der Waals surface area (Å²) in [5.41, 5.74) is 6.26. The van der Waals surface area contributed by atoms with E-state index in [0.29, 0.717) is 24.5 Å². The fraction of sp³-hybridized carbons (Fsp3) is 0.333. The molecule has 0 aromatic heterocycles. The molecule has 5 rings (SSSR count). The third-order valence-electron chi connectivity index (χ3n) is 6.91. The van der Waals surface area contributed by atoms with Crippen molar-refractivity contribution in [2.24, 2.45) is 4.99 Å². The smallest absolute Gasteiger partial charge is 0.328 e. The van der Waals surface area contributed by atoms with Gasteiger partial charge >= 0.3 is 5.97 Å². The Labute approximate surface area is 230 Å². The molecule has 0 bridgehead atoms. The van der Waals surface area contributed by atoms with Crippen LogP contribution in [0.15, 0.2) is 65.7 Å². The highest BCUT2D eigenvalue weighted by Crippen LogP contribution is 2.48. The number of ether oxygens (including phenoxy) is 3. The van der Waals surface area contributed by atoms with Gasteiger partial charge in [0.25, 0.3) is 0 Å². The molecule has 0 radical (unpaired) electrons. The lowest BCUT2D eigenvalue weighted by Crippen LogP contribution is -2.30. The Balaban J connectivity index is 1.63. The first-order valence-electron chi connectivity index (χ1n) is 13.4. The molecule has 39 heavy (non-hydrogen) atoms. The summed E-state index contributed by atoms with van der Waals surface area (Å²) >= 11 is 0. The van der Waals surface area contributed by atoms with E-state index in [0.717, 1.165) is 58.4 Å². The number of benzene rings is 3. The van der Waals surface area contributed by atoms with Crippen molar-refractivity contribution in [2.45, 2.75) is 65.2 Å². The zero-order chi connectivity index (χ0) is 27.8. The molecule has 6 heteroatoms. The standard InChI is InChI=1S/C33H35NO5/c1-6-37-27-17-24-18-32(2,3)34-30(29(24)25-19-33(4,5)39-31(25)27)23-13-12-22(14-15-28(35)36)26(16-23)38-20-21-10-8-7-9-11-21/h7-17H,6,18-20H2,1-5H3,(H,35,36). The maximum Gasteiger partial charge on any atom is 0.328 e. The number of fused-ring (bicyclic) bond motifs is 3. The molecule has 0 saturated heterocycles. The van der Waals surface area contributed by atoms with Crippen LogP contribution < -0.4 is 14.2 Å². The van der Waals surface area contributed by atoms with Gasteiger partial charge in [-0.05, 0) is 70.4 Å². The molecule has 0 atom stereocenters. The normalized spacial score (nSPS) is 16.7. The van der Waals surface area contributed by atoms with Crippen molar-refractivity contribution < 1.29 is 24.1 Å². The van der Waals surface area contributed by atoms with Crippen LogP contribution in [0.2, 0.25) is 0 Å². The fourth-order valence-corrected chi connectivity index (χ4v) is 5.38. The topological polar surface area (TPSA) is 77.4 Å². The average Bonchev–Trinajstić information content (AvgIpc) is 3.21. The largest absolute Gasteiger partial charge is 0.490 e. The molecular weight excluding hydrogens is 490 g/mol. The zero-order valence-electron chi connectivity index (χ0n) is 23.2.